The quantitative estimate of drug-likeness (QED) is 0.546. The Morgan fingerprint density at radius 2 is 1.93 bits per heavy atom. The number of benzene rings is 2. The fourth-order valence-corrected chi connectivity index (χ4v) is 3.75. The minimum Gasteiger partial charge on any atom is -0.306 e. The summed E-state index contributed by atoms with van der Waals surface area (Å²) >= 11 is 0. The lowest BCUT2D eigenvalue weighted by atomic mass is 10.0. The Kier molecular flexibility index (Phi) is 4.65. The molecule has 1 atom stereocenters. The zero-order valence-electron chi connectivity index (χ0n) is 16.5. The first-order valence-corrected chi connectivity index (χ1v) is 9.87. The van der Waals surface area contributed by atoms with E-state index in [1.165, 1.54) is 11.4 Å². The van der Waals surface area contributed by atoms with Crippen molar-refractivity contribution in [1.29, 1.82) is 0 Å². The Labute approximate surface area is 173 Å². The zero-order chi connectivity index (χ0) is 20.5. The Hall–Kier alpha value is -3.71. The van der Waals surface area contributed by atoms with Crippen molar-refractivity contribution in [3.05, 3.63) is 84.3 Å². The van der Waals surface area contributed by atoms with Gasteiger partial charge >= 0.3 is 6.03 Å². The molecule has 30 heavy (non-hydrogen) atoms. The second-order valence-corrected chi connectivity index (χ2v) is 7.31. The molecule has 2 aromatic carbocycles. The van der Waals surface area contributed by atoms with Crippen molar-refractivity contribution in [2.24, 2.45) is 0 Å². The van der Waals surface area contributed by atoms with Gasteiger partial charge in [-0.15, -0.1) is 0 Å². The van der Waals surface area contributed by atoms with Crippen molar-refractivity contribution in [2.45, 2.75) is 19.4 Å². The van der Waals surface area contributed by atoms with Crippen LogP contribution in [0.25, 0.3) is 16.8 Å². The monoisotopic (exact) mass is 399 g/mol. The number of hydrogen-bond donors (Lipinski definition) is 1. The van der Waals surface area contributed by atoms with E-state index in [2.05, 4.69) is 15.4 Å². The summed E-state index contributed by atoms with van der Waals surface area (Å²) in [6, 6.07) is 19.6. The van der Waals surface area contributed by atoms with Crippen LogP contribution in [-0.2, 0) is 4.84 Å². The number of hydrogen-bond acceptors (Lipinski definition) is 4. The number of carbonyl (C=O) groups is 1. The molecule has 1 N–H and O–H groups in total. The third-order valence-corrected chi connectivity index (χ3v) is 5.38. The molecule has 7 heteroatoms. The number of hydroxylamine groups is 2. The number of aromatic nitrogens is 3. The summed E-state index contributed by atoms with van der Waals surface area (Å²) in [5.41, 5.74) is 5.56. The highest BCUT2D eigenvalue weighted by Gasteiger charge is 2.32. The summed E-state index contributed by atoms with van der Waals surface area (Å²) in [7, 11) is 0. The maximum Gasteiger partial charge on any atom is 0.346 e. The van der Waals surface area contributed by atoms with E-state index in [9.17, 15) is 4.79 Å². The number of urea groups is 1. The topological polar surface area (TPSA) is 71.8 Å². The Morgan fingerprint density at radius 1 is 1.10 bits per heavy atom. The van der Waals surface area contributed by atoms with E-state index >= 15 is 0 Å². The van der Waals surface area contributed by atoms with Crippen molar-refractivity contribution in [2.75, 3.05) is 11.9 Å². The van der Waals surface area contributed by atoms with Crippen molar-refractivity contribution in [3.63, 3.8) is 0 Å². The number of pyridine rings is 1. The molecule has 1 aliphatic rings. The first kappa shape index (κ1) is 18.3. The van der Waals surface area contributed by atoms with Crippen LogP contribution in [0.3, 0.4) is 0 Å². The van der Waals surface area contributed by atoms with Gasteiger partial charge in [-0.25, -0.2) is 14.3 Å². The van der Waals surface area contributed by atoms with Gasteiger partial charge in [-0.1, -0.05) is 42.5 Å². The van der Waals surface area contributed by atoms with Gasteiger partial charge in [-0.05, 0) is 47.4 Å². The molecule has 4 aromatic rings. The number of amides is 2. The van der Waals surface area contributed by atoms with E-state index in [1.807, 2.05) is 73.8 Å². The molecule has 1 aliphatic heterocycles. The minimum absolute atomic E-state index is 0.0926. The van der Waals surface area contributed by atoms with Crippen LogP contribution >= 0.6 is 0 Å². The molecule has 2 aromatic heterocycles. The SMILES string of the molecule is Cc1ccc(-c2ccn3ncnc3c2)cc1NC(=O)N1OCC[C@H]1c1ccccc1. The number of nitrogens with one attached hydrogen (secondary N) is 1. The number of carbonyl (C=O) groups excluding carboxylic acids is 1. The van der Waals surface area contributed by atoms with E-state index in [4.69, 9.17) is 4.84 Å². The average molecular weight is 399 g/mol. The Balaban J connectivity index is 1.40. The van der Waals surface area contributed by atoms with Gasteiger partial charge in [-0.3, -0.25) is 4.84 Å². The Bertz CT molecular complexity index is 1200. The van der Waals surface area contributed by atoms with Gasteiger partial charge in [-0.2, -0.15) is 10.2 Å². The van der Waals surface area contributed by atoms with Crippen LogP contribution < -0.4 is 5.32 Å². The maximum atomic E-state index is 13.0. The van der Waals surface area contributed by atoms with Gasteiger partial charge in [0, 0.05) is 18.3 Å². The van der Waals surface area contributed by atoms with Crippen LogP contribution in [0.4, 0.5) is 10.5 Å². The molecular weight excluding hydrogens is 378 g/mol. The van der Waals surface area contributed by atoms with Crippen molar-refractivity contribution >= 4 is 17.4 Å². The third-order valence-electron chi connectivity index (χ3n) is 5.38. The van der Waals surface area contributed by atoms with E-state index in [0.29, 0.717) is 6.61 Å². The predicted molar refractivity (Wildman–Crippen MR) is 114 cm³/mol. The summed E-state index contributed by atoms with van der Waals surface area (Å²) in [6.45, 7) is 2.49. The Morgan fingerprint density at radius 3 is 2.80 bits per heavy atom. The summed E-state index contributed by atoms with van der Waals surface area (Å²) < 4.78 is 1.72. The lowest BCUT2D eigenvalue weighted by Gasteiger charge is -2.23. The van der Waals surface area contributed by atoms with Gasteiger partial charge in [0.05, 0.1) is 12.6 Å². The van der Waals surface area contributed by atoms with Crippen LogP contribution in [0.2, 0.25) is 0 Å². The van der Waals surface area contributed by atoms with Gasteiger partial charge in [0.25, 0.3) is 0 Å². The molecular formula is C23H21N5O2. The summed E-state index contributed by atoms with van der Waals surface area (Å²) in [5, 5.41) is 8.60. The molecule has 0 bridgehead atoms. The smallest absolute Gasteiger partial charge is 0.306 e. The van der Waals surface area contributed by atoms with Crippen LogP contribution in [0.1, 0.15) is 23.6 Å². The van der Waals surface area contributed by atoms with Gasteiger partial charge in [0.2, 0.25) is 0 Å². The molecule has 7 nitrogen and oxygen atoms in total. The molecule has 2 amide bonds. The second-order valence-electron chi connectivity index (χ2n) is 7.31. The number of aryl methyl sites for hydroxylation is 1. The standard InChI is InChI=1S/C23H21N5O2/c1-16-7-8-18(19-9-11-27-22(14-19)24-15-25-27)13-20(16)26-23(29)28-21(10-12-30-28)17-5-3-2-4-6-17/h2-9,11,13-15,21H,10,12H2,1H3,(H,26,29)/t21-/m0/s1. The number of nitrogens with zero attached hydrogens (tertiary/aromatic N) is 4. The van der Waals surface area contributed by atoms with E-state index < -0.39 is 0 Å². The highest BCUT2D eigenvalue weighted by molar-refractivity contribution is 5.91. The third kappa shape index (κ3) is 3.40. The molecule has 0 spiro atoms. The van der Waals surface area contributed by atoms with Crippen molar-refractivity contribution in [3.8, 4) is 11.1 Å². The zero-order valence-corrected chi connectivity index (χ0v) is 16.5. The van der Waals surface area contributed by atoms with Crippen molar-refractivity contribution in [1.82, 2.24) is 19.7 Å². The number of fused-ring (bicyclic) bond motifs is 1. The lowest BCUT2D eigenvalue weighted by molar-refractivity contribution is -0.0829. The average Bonchev–Trinajstić information content (AvgIpc) is 3.45. The summed E-state index contributed by atoms with van der Waals surface area (Å²) in [5.74, 6) is 0. The fraction of sp³-hybridized carbons (Fsp3) is 0.174. The highest BCUT2D eigenvalue weighted by atomic mass is 16.7. The predicted octanol–water partition coefficient (Wildman–Crippen LogP) is 4.62. The molecule has 5 rings (SSSR count). The molecule has 0 aliphatic carbocycles. The maximum absolute atomic E-state index is 13.0. The normalized spacial score (nSPS) is 16.2. The van der Waals surface area contributed by atoms with Crippen LogP contribution in [-0.4, -0.2) is 32.3 Å². The minimum atomic E-state index is -0.269. The second kappa shape index (κ2) is 7.61. The van der Waals surface area contributed by atoms with Gasteiger partial charge in [0.1, 0.15) is 6.33 Å². The highest BCUT2D eigenvalue weighted by Crippen LogP contribution is 2.32. The molecule has 0 saturated carbocycles. The first-order chi connectivity index (χ1) is 14.7. The first-order valence-electron chi connectivity index (χ1n) is 9.87. The summed E-state index contributed by atoms with van der Waals surface area (Å²) in [4.78, 5) is 22.9. The number of rotatable bonds is 3. The summed E-state index contributed by atoms with van der Waals surface area (Å²) in [6.07, 6.45) is 4.17. The van der Waals surface area contributed by atoms with E-state index in [0.717, 1.165) is 40.0 Å². The van der Waals surface area contributed by atoms with Crippen LogP contribution in [0.5, 0.6) is 0 Å². The van der Waals surface area contributed by atoms with Gasteiger partial charge < -0.3 is 5.32 Å². The van der Waals surface area contributed by atoms with Crippen molar-refractivity contribution < 1.29 is 9.63 Å². The largest absolute Gasteiger partial charge is 0.346 e. The van der Waals surface area contributed by atoms with Gasteiger partial charge in [0.15, 0.2) is 5.65 Å². The molecule has 150 valence electrons. The fourth-order valence-electron chi connectivity index (χ4n) is 3.75. The van der Waals surface area contributed by atoms with E-state index in [1.54, 1.807) is 4.52 Å². The lowest BCUT2D eigenvalue weighted by Crippen LogP contribution is -2.33. The molecule has 1 fully saturated rings. The molecule has 3 heterocycles. The molecule has 0 unspecified atom stereocenters. The van der Waals surface area contributed by atoms with Crippen LogP contribution in [0.15, 0.2) is 73.2 Å². The molecule has 0 radical (unpaired) electrons. The van der Waals surface area contributed by atoms with E-state index in [-0.39, 0.29) is 12.1 Å². The number of anilines is 1. The molecule has 1 saturated heterocycles. The van der Waals surface area contributed by atoms with Crippen LogP contribution in [0, 0.1) is 6.92 Å².